The lowest BCUT2D eigenvalue weighted by Gasteiger charge is -2.46. The number of carbonyl (C=O) groups excluding carboxylic acids is 2. The van der Waals surface area contributed by atoms with E-state index in [4.69, 9.17) is 4.74 Å². The summed E-state index contributed by atoms with van der Waals surface area (Å²) in [6, 6.07) is 4.85. The van der Waals surface area contributed by atoms with Gasteiger partial charge in [0.05, 0.1) is 6.61 Å². The van der Waals surface area contributed by atoms with Gasteiger partial charge in [0, 0.05) is 30.8 Å². The van der Waals surface area contributed by atoms with Crippen molar-refractivity contribution in [2.24, 2.45) is 5.92 Å². The summed E-state index contributed by atoms with van der Waals surface area (Å²) < 4.78 is 5.76. The lowest BCUT2D eigenvalue weighted by molar-refractivity contribution is -0.147. The lowest BCUT2D eigenvalue weighted by atomic mass is 9.84. The van der Waals surface area contributed by atoms with Crippen LogP contribution in [0.25, 0.3) is 0 Å². The largest absolute Gasteiger partial charge is 0.508 e. The minimum Gasteiger partial charge on any atom is -0.508 e. The van der Waals surface area contributed by atoms with E-state index in [9.17, 15) is 14.7 Å². The van der Waals surface area contributed by atoms with Gasteiger partial charge in [-0.3, -0.25) is 9.59 Å². The van der Waals surface area contributed by atoms with Gasteiger partial charge < -0.3 is 19.6 Å². The number of nitrogens with zero attached hydrogens (tertiary/aromatic N) is 2. The standard InChI is InChI=1S/C22H30N2O4/c1-15(2)23-9-3-7-22(21(23)27)8-4-10-24(22)20(26)17-11-18(25)13-19(12-17)28-14-16-5-6-16/h11-13,15-16,25H,3-10,14H2,1-2H3. The molecule has 4 rings (SSSR count). The van der Waals surface area contributed by atoms with Crippen molar-refractivity contribution in [3.05, 3.63) is 23.8 Å². The van der Waals surface area contributed by atoms with Crippen molar-refractivity contribution in [1.82, 2.24) is 9.80 Å². The van der Waals surface area contributed by atoms with Gasteiger partial charge in [-0.1, -0.05) is 0 Å². The first-order chi connectivity index (χ1) is 13.4. The van der Waals surface area contributed by atoms with E-state index >= 15 is 0 Å². The third kappa shape index (κ3) is 3.45. The molecule has 28 heavy (non-hydrogen) atoms. The Morgan fingerprint density at radius 3 is 2.61 bits per heavy atom. The van der Waals surface area contributed by atoms with Gasteiger partial charge in [0.15, 0.2) is 0 Å². The highest BCUT2D eigenvalue weighted by molar-refractivity contribution is 6.00. The fourth-order valence-electron chi connectivity index (χ4n) is 4.61. The van der Waals surface area contributed by atoms with Crippen molar-refractivity contribution in [3.63, 3.8) is 0 Å². The predicted molar refractivity (Wildman–Crippen MR) is 105 cm³/mol. The summed E-state index contributed by atoms with van der Waals surface area (Å²) in [5.74, 6) is 1.00. The minimum absolute atomic E-state index is 0.0173. The first-order valence-corrected chi connectivity index (χ1v) is 10.5. The van der Waals surface area contributed by atoms with Crippen molar-refractivity contribution < 1.29 is 19.4 Å². The smallest absolute Gasteiger partial charge is 0.255 e. The van der Waals surface area contributed by atoms with Crippen LogP contribution in [0.5, 0.6) is 11.5 Å². The molecule has 1 spiro atoms. The van der Waals surface area contributed by atoms with Crippen LogP contribution >= 0.6 is 0 Å². The Morgan fingerprint density at radius 2 is 1.93 bits per heavy atom. The molecule has 152 valence electrons. The van der Waals surface area contributed by atoms with Crippen LogP contribution in [0.1, 0.15) is 62.7 Å². The van der Waals surface area contributed by atoms with E-state index in [0.29, 0.717) is 43.2 Å². The second-order valence-corrected chi connectivity index (χ2v) is 8.76. The highest BCUT2D eigenvalue weighted by Gasteiger charge is 2.53. The molecule has 0 bridgehead atoms. The highest BCUT2D eigenvalue weighted by Crippen LogP contribution is 2.40. The van der Waals surface area contributed by atoms with Gasteiger partial charge in [0.1, 0.15) is 17.0 Å². The van der Waals surface area contributed by atoms with Crippen LogP contribution in [0.2, 0.25) is 0 Å². The monoisotopic (exact) mass is 386 g/mol. The third-order valence-corrected chi connectivity index (χ3v) is 6.33. The molecule has 1 unspecified atom stereocenters. The van der Waals surface area contributed by atoms with Crippen LogP contribution in [0.3, 0.4) is 0 Å². The van der Waals surface area contributed by atoms with E-state index in [1.807, 2.05) is 18.7 Å². The molecule has 1 aromatic carbocycles. The Kier molecular flexibility index (Phi) is 4.98. The number of carbonyl (C=O) groups is 2. The number of benzene rings is 1. The molecular weight excluding hydrogens is 356 g/mol. The topological polar surface area (TPSA) is 70.1 Å². The Morgan fingerprint density at radius 1 is 1.21 bits per heavy atom. The number of piperidine rings is 1. The quantitative estimate of drug-likeness (QED) is 0.844. The molecule has 3 fully saturated rings. The van der Waals surface area contributed by atoms with Gasteiger partial charge in [0.25, 0.3) is 5.91 Å². The van der Waals surface area contributed by atoms with Crippen LogP contribution in [0, 0.1) is 5.92 Å². The second kappa shape index (κ2) is 7.30. The van der Waals surface area contributed by atoms with Crippen molar-refractivity contribution in [2.75, 3.05) is 19.7 Å². The van der Waals surface area contributed by atoms with E-state index in [1.54, 1.807) is 17.0 Å². The van der Waals surface area contributed by atoms with Gasteiger partial charge in [-0.25, -0.2) is 0 Å². The second-order valence-electron chi connectivity index (χ2n) is 8.76. The first kappa shape index (κ1) is 19.1. The summed E-state index contributed by atoms with van der Waals surface area (Å²) in [5.41, 5.74) is -0.346. The summed E-state index contributed by atoms with van der Waals surface area (Å²) in [5, 5.41) is 10.1. The van der Waals surface area contributed by atoms with Crippen molar-refractivity contribution in [3.8, 4) is 11.5 Å². The summed E-state index contributed by atoms with van der Waals surface area (Å²) in [7, 11) is 0. The summed E-state index contributed by atoms with van der Waals surface area (Å²) in [6.07, 6.45) is 5.51. The third-order valence-electron chi connectivity index (χ3n) is 6.33. The summed E-state index contributed by atoms with van der Waals surface area (Å²) >= 11 is 0. The average Bonchev–Trinajstić information content (AvgIpc) is 3.40. The fraction of sp³-hybridized carbons (Fsp3) is 0.636. The number of hydrogen-bond donors (Lipinski definition) is 1. The van der Waals surface area contributed by atoms with Crippen LogP contribution < -0.4 is 4.74 Å². The number of rotatable bonds is 5. The Labute approximate surface area is 166 Å². The molecule has 1 atom stereocenters. The average molecular weight is 386 g/mol. The van der Waals surface area contributed by atoms with Crippen molar-refractivity contribution >= 4 is 11.8 Å². The molecule has 2 amide bonds. The Balaban J connectivity index is 1.59. The Bertz CT molecular complexity index is 774. The molecule has 3 aliphatic rings. The predicted octanol–water partition coefficient (Wildman–Crippen LogP) is 3.19. The molecule has 2 heterocycles. The van der Waals surface area contributed by atoms with Crippen LogP contribution in [-0.4, -0.2) is 58.0 Å². The first-order valence-electron chi connectivity index (χ1n) is 10.5. The number of aromatic hydroxyl groups is 1. The van der Waals surface area contributed by atoms with Gasteiger partial charge in [-0.2, -0.15) is 0 Å². The van der Waals surface area contributed by atoms with Crippen molar-refractivity contribution in [2.45, 2.75) is 64.0 Å². The molecule has 2 aliphatic heterocycles. The van der Waals surface area contributed by atoms with Gasteiger partial charge >= 0.3 is 0 Å². The number of hydrogen-bond acceptors (Lipinski definition) is 4. The number of phenolic OH excluding ortho intramolecular Hbond substituents is 1. The molecule has 1 saturated carbocycles. The highest BCUT2D eigenvalue weighted by atomic mass is 16.5. The molecular formula is C22H30N2O4. The Hall–Kier alpha value is -2.24. The van der Waals surface area contributed by atoms with Gasteiger partial charge in [-0.15, -0.1) is 0 Å². The molecule has 0 aromatic heterocycles. The maximum Gasteiger partial charge on any atom is 0.255 e. The molecule has 6 nitrogen and oxygen atoms in total. The molecule has 1 N–H and O–H groups in total. The summed E-state index contributed by atoms with van der Waals surface area (Å²) in [4.78, 5) is 30.4. The van der Waals surface area contributed by atoms with E-state index in [1.165, 1.54) is 18.9 Å². The molecule has 6 heteroatoms. The maximum absolute atomic E-state index is 13.4. The van der Waals surface area contributed by atoms with E-state index < -0.39 is 5.54 Å². The maximum atomic E-state index is 13.4. The van der Waals surface area contributed by atoms with Gasteiger partial charge in [-0.05, 0) is 70.4 Å². The SMILES string of the molecule is CC(C)N1CCCC2(CCCN2C(=O)c2cc(O)cc(OCC3CC3)c2)C1=O. The zero-order valence-electron chi connectivity index (χ0n) is 16.8. The molecule has 1 aliphatic carbocycles. The minimum atomic E-state index is -0.736. The lowest BCUT2D eigenvalue weighted by Crippen LogP contribution is -2.62. The number of likely N-dealkylation sites (tertiary alicyclic amines) is 2. The van der Waals surface area contributed by atoms with Crippen LogP contribution in [0.15, 0.2) is 18.2 Å². The van der Waals surface area contributed by atoms with E-state index in [0.717, 1.165) is 19.4 Å². The van der Waals surface area contributed by atoms with E-state index in [-0.39, 0.29) is 23.6 Å². The number of phenols is 1. The zero-order valence-corrected chi connectivity index (χ0v) is 16.8. The number of ether oxygens (including phenoxy) is 1. The van der Waals surface area contributed by atoms with Crippen LogP contribution in [0.4, 0.5) is 0 Å². The number of amides is 2. The molecule has 1 aromatic rings. The van der Waals surface area contributed by atoms with Crippen LogP contribution in [-0.2, 0) is 4.79 Å². The molecule has 2 saturated heterocycles. The van der Waals surface area contributed by atoms with Gasteiger partial charge in [0.2, 0.25) is 5.91 Å². The van der Waals surface area contributed by atoms with E-state index in [2.05, 4.69) is 0 Å². The normalized spacial score (nSPS) is 25.0. The molecule has 0 radical (unpaired) electrons. The van der Waals surface area contributed by atoms with Crippen molar-refractivity contribution in [1.29, 1.82) is 0 Å². The fourth-order valence-corrected chi connectivity index (χ4v) is 4.61. The zero-order chi connectivity index (χ0) is 19.9. The summed E-state index contributed by atoms with van der Waals surface area (Å²) in [6.45, 7) is 6.00.